The molecule has 0 atom stereocenters. The number of ether oxygens (including phenoxy) is 1. The molecule has 2 aromatic heterocycles. The van der Waals surface area contributed by atoms with Gasteiger partial charge in [-0.05, 0) is 60.5 Å². The van der Waals surface area contributed by atoms with Crippen LogP contribution in [0.25, 0.3) is 22.4 Å². The molecule has 0 radical (unpaired) electrons. The Labute approximate surface area is 250 Å². The highest BCUT2D eigenvalue weighted by atomic mass is 19.1. The summed E-state index contributed by atoms with van der Waals surface area (Å²) in [6.07, 6.45) is 0.541. The molecule has 5 aromatic rings. The van der Waals surface area contributed by atoms with Gasteiger partial charge in [-0.25, -0.2) is 22.7 Å². The summed E-state index contributed by atoms with van der Waals surface area (Å²) in [5.74, 6) is -1.66. The first kappa shape index (κ1) is 29.2. The normalized spacial score (nSPS) is 13.9. The van der Waals surface area contributed by atoms with Crippen molar-refractivity contribution in [3.05, 3.63) is 133 Å². The minimum Gasteiger partial charge on any atom is -0.506 e. The Kier molecular flexibility index (Phi) is 8.23. The minimum atomic E-state index is -0.872. The molecule has 0 bridgehead atoms. The molecule has 1 aliphatic rings. The van der Waals surface area contributed by atoms with Crippen LogP contribution in [0.3, 0.4) is 0 Å². The lowest BCUT2D eigenvalue weighted by Crippen LogP contribution is -2.42. The molecule has 0 saturated carbocycles. The van der Waals surface area contributed by atoms with Gasteiger partial charge >= 0.3 is 5.69 Å². The molecule has 226 valence electrons. The molecule has 1 N–H and O–H groups in total. The molecule has 1 fully saturated rings. The number of rotatable bonds is 8. The van der Waals surface area contributed by atoms with E-state index < -0.39 is 34.2 Å². The van der Waals surface area contributed by atoms with Crippen molar-refractivity contribution in [2.45, 2.75) is 19.4 Å². The van der Waals surface area contributed by atoms with Gasteiger partial charge in [-0.2, -0.15) is 0 Å². The second-order valence-corrected chi connectivity index (χ2v) is 10.7. The standard InChI is InChI=1S/C33H30F2N4O5/c34-23-7-11-25(12-8-23)38-30-28(32(42)39(33(38)43)26-13-9-24(35)10-14-26)29(40)27(21-22-5-2-1-3-6-22)31(41)37(30)16-4-15-36-17-19-44-20-18-36/h1-3,5-14,40H,4,15-21H2. The van der Waals surface area contributed by atoms with Gasteiger partial charge in [0, 0.05) is 32.6 Å². The Morgan fingerprint density at radius 2 is 1.32 bits per heavy atom. The zero-order chi connectivity index (χ0) is 30.8. The first-order valence-electron chi connectivity index (χ1n) is 14.4. The van der Waals surface area contributed by atoms with Gasteiger partial charge in [-0.3, -0.25) is 19.1 Å². The molecular formula is C33H30F2N4O5. The van der Waals surface area contributed by atoms with Crippen molar-refractivity contribution in [2.75, 3.05) is 32.8 Å². The molecule has 0 aliphatic carbocycles. The highest BCUT2D eigenvalue weighted by molar-refractivity contribution is 5.84. The van der Waals surface area contributed by atoms with E-state index >= 15 is 0 Å². The average Bonchev–Trinajstić information content (AvgIpc) is 3.03. The van der Waals surface area contributed by atoms with Crippen LogP contribution in [0.4, 0.5) is 8.78 Å². The molecule has 1 saturated heterocycles. The Morgan fingerprint density at radius 1 is 0.727 bits per heavy atom. The molecule has 9 nitrogen and oxygen atoms in total. The van der Waals surface area contributed by atoms with E-state index in [4.69, 9.17) is 4.74 Å². The Hall–Kier alpha value is -4.87. The zero-order valence-electron chi connectivity index (χ0n) is 23.8. The number of aryl methyl sites for hydroxylation is 1. The number of halogens is 2. The van der Waals surface area contributed by atoms with Crippen LogP contribution in [0, 0.1) is 11.6 Å². The summed E-state index contributed by atoms with van der Waals surface area (Å²) < 4.78 is 36.5. The third-order valence-electron chi connectivity index (χ3n) is 7.87. The lowest BCUT2D eigenvalue weighted by Gasteiger charge is -2.27. The van der Waals surface area contributed by atoms with Crippen molar-refractivity contribution < 1.29 is 18.6 Å². The number of fused-ring (bicyclic) bond motifs is 1. The van der Waals surface area contributed by atoms with Crippen molar-refractivity contribution in [1.82, 2.24) is 18.6 Å². The summed E-state index contributed by atoms with van der Waals surface area (Å²) >= 11 is 0. The van der Waals surface area contributed by atoms with E-state index in [0.29, 0.717) is 26.2 Å². The third-order valence-corrected chi connectivity index (χ3v) is 7.87. The molecule has 6 rings (SSSR count). The van der Waals surface area contributed by atoms with Gasteiger partial charge in [0.2, 0.25) is 0 Å². The fraction of sp³-hybridized carbons (Fsp3) is 0.242. The maximum atomic E-state index is 14.2. The van der Waals surface area contributed by atoms with E-state index in [2.05, 4.69) is 4.90 Å². The second-order valence-electron chi connectivity index (χ2n) is 10.7. The third kappa shape index (κ3) is 5.59. The van der Waals surface area contributed by atoms with Gasteiger partial charge in [0.05, 0.1) is 30.2 Å². The summed E-state index contributed by atoms with van der Waals surface area (Å²) in [6.45, 7) is 3.47. The maximum Gasteiger partial charge on any atom is 0.341 e. The Bertz CT molecular complexity index is 1980. The lowest BCUT2D eigenvalue weighted by molar-refractivity contribution is 0.0369. The number of aromatic hydroxyl groups is 1. The molecule has 11 heteroatoms. The van der Waals surface area contributed by atoms with E-state index in [0.717, 1.165) is 52.1 Å². The fourth-order valence-electron chi connectivity index (χ4n) is 5.66. The van der Waals surface area contributed by atoms with Crippen molar-refractivity contribution in [3.63, 3.8) is 0 Å². The molecule has 0 spiro atoms. The number of pyridine rings is 1. The molecule has 3 aromatic carbocycles. The van der Waals surface area contributed by atoms with E-state index in [-0.39, 0.29) is 40.9 Å². The van der Waals surface area contributed by atoms with Crippen LogP contribution in [-0.2, 0) is 17.7 Å². The monoisotopic (exact) mass is 600 g/mol. The molecule has 44 heavy (non-hydrogen) atoms. The summed E-state index contributed by atoms with van der Waals surface area (Å²) in [4.78, 5) is 44.7. The van der Waals surface area contributed by atoms with E-state index in [1.807, 2.05) is 30.3 Å². The van der Waals surface area contributed by atoms with Crippen LogP contribution >= 0.6 is 0 Å². The van der Waals surface area contributed by atoms with Crippen molar-refractivity contribution in [2.24, 2.45) is 0 Å². The Morgan fingerprint density at radius 3 is 1.93 bits per heavy atom. The lowest BCUT2D eigenvalue weighted by atomic mass is 10.0. The number of nitrogens with zero attached hydrogens (tertiary/aromatic N) is 4. The topological polar surface area (TPSA) is 98.7 Å². The smallest absolute Gasteiger partial charge is 0.341 e. The second kappa shape index (κ2) is 12.4. The number of hydrogen-bond donors (Lipinski definition) is 1. The number of aromatic nitrogens is 3. The first-order chi connectivity index (χ1) is 21.3. The maximum absolute atomic E-state index is 14.2. The fourth-order valence-corrected chi connectivity index (χ4v) is 5.66. The first-order valence-corrected chi connectivity index (χ1v) is 14.4. The molecule has 0 amide bonds. The van der Waals surface area contributed by atoms with Crippen LogP contribution in [0.2, 0.25) is 0 Å². The number of hydrogen-bond acceptors (Lipinski definition) is 6. The molecule has 1 aliphatic heterocycles. The van der Waals surface area contributed by atoms with Gasteiger partial charge in [-0.1, -0.05) is 30.3 Å². The van der Waals surface area contributed by atoms with Crippen molar-refractivity contribution in [1.29, 1.82) is 0 Å². The highest BCUT2D eigenvalue weighted by Crippen LogP contribution is 2.27. The van der Waals surface area contributed by atoms with Crippen LogP contribution in [0.15, 0.2) is 93.2 Å². The van der Waals surface area contributed by atoms with Crippen molar-refractivity contribution in [3.8, 4) is 17.1 Å². The SMILES string of the molecule is O=c1c2c(O)c(Cc3ccccc3)c(=O)n(CCCN3CCOCC3)c2n(-c2ccc(F)cc2)c(=O)n1-c1ccc(F)cc1. The summed E-state index contributed by atoms with van der Waals surface area (Å²) in [6, 6.07) is 18.9. The molecule has 0 unspecified atom stereocenters. The predicted octanol–water partition coefficient (Wildman–Crippen LogP) is 3.60. The molecular weight excluding hydrogens is 570 g/mol. The van der Waals surface area contributed by atoms with E-state index in [1.54, 1.807) is 0 Å². The Balaban J connectivity index is 1.65. The number of benzene rings is 3. The van der Waals surface area contributed by atoms with Crippen LogP contribution in [0.5, 0.6) is 5.75 Å². The minimum absolute atomic E-state index is 0.00198. The van der Waals surface area contributed by atoms with Crippen LogP contribution in [0.1, 0.15) is 17.5 Å². The van der Waals surface area contributed by atoms with Gasteiger partial charge in [-0.15, -0.1) is 0 Å². The van der Waals surface area contributed by atoms with Gasteiger partial charge < -0.3 is 9.84 Å². The van der Waals surface area contributed by atoms with Crippen LogP contribution in [-0.4, -0.2) is 56.6 Å². The number of morpholine rings is 1. The summed E-state index contributed by atoms with van der Waals surface area (Å²) in [5.41, 5.74) is -1.41. The highest BCUT2D eigenvalue weighted by Gasteiger charge is 2.26. The predicted molar refractivity (Wildman–Crippen MR) is 162 cm³/mol. The van der Waals surface area contributed by atoms with Gasteiger partial charge in [0.25, 0.3) is 11.1 Å². The van der Waals surface area contributed by atoms with Crippen molar-refractivity contribution >= 4 is 11.0 Å². The zero-order valence-corrected chi connectivity index (χ0v) is 23.8. The van der Waals surface area contributed by atoms with Gasteiger partial charge in [0.1, 0.15) is 28.4 Å². The van der Waals surface area contributed by atoms with Crippen LogP contribution < -0.4 is 16.8 Å². The summed E-state index contributed by atoms with van der Waals surface area (Å²) in [7, 11) is 0. The molecule has 3 heterocycles. The average molecular weight is 601 g/mol. The summed E-state index contributed by atoms with van der Waals surface area (Å²) in [5, 5.41) is 11.4. The van der Waals surface area contributed by atoms with Gasteiger partial charge in [0.15, 0.2) is 0 Å². The quantitative estimate of drug-likeness (QED) is 0.292. The van der Waals surface area contributed by atoms with E-state index in [1.165, 1.54) is 28.8 Å². The largest absolute Gasteiger partial charge is 0.506 e. The van der Waals surface area contributed by atoms with E-state index in [9.17, 15) is 28.3 Å².